The van der Waals surface area contributed by atoms with E-state index in [1.54, 1.807) is 0 Å². The van der Waals surface area contributed by atoms with Crippen LogP contribution < -0.4 is 27.8 Å². The number of carboxylic acids is 1. The summed E-state index contributed by atoms with van der Waals surface area (Å²) < 4.78 is 0. The van der Waals surface area contributed by atoms with Crippen LogP contribution in [0, 0.1) is 0 Å². The fraction of sp³-hybridized carbons (Fsp3) is 0.500. The first-order valence-electron chi connectivity index (χ1n) is 5.75. The molecule has 0 unspecified atom stereocenters. The number of carbonyl (C=O) groups is 5. The third-order valence-corrected chi connectivity index (χ3v) is 2.21. The Kier molecular flexibility index (Phi) is 7.39. The maximum Gasteiger partial charge on any atom is 0.322 e. The maximum atomic E-state index is 11.6. The molecule has 21 heavy (non-hydrogen) atoms. The number of carboxylic acid groups (broad SMARTS) is 1. The summed E-state index contributed by atoms with van der Waals surface area (Å²) in [5, 5.41) is 12.5. The molecule has 11 nitrogen and oxygen atoms in total. The third kappa shape index (κ3) is 8.15. The summed E-state index contributed by atoms with van der Waals surface area (Å²) in [5.41, 5.74) is 15.2. The molecule has 0 aromatic heterocycles. The highest BCUT2D eigenvalue weighted by Gasteiger charge is 2.26. The van der Waals surface area contributed by atoms with Gasteiger partial charge in [0, 0.05) is 0 Å². The number of nitrogens with two attached hydrogens (primary N) is 3. The molecule has 0 aliphatic carbocycles. The minimum Gasteiger partial charge on any atom is -0.480 e. The fourth-order valence-electron chi connectivity index (χ4n) is 1.28. The van der Waals surface area contributed by atoms with Crippen LogP contribution in [0.4, 0.5) is 0 Å². The van der Waals surface area contributed by atoms with Crippen LogP contribution in [0.25, 0.3) is 0 Å². The van der Waals surface area contributed by atoms with Crippen LogP contribution in [-0.4, -0.2) is 53.3 Å². The van der Waals surface area contributed by atoms with E-state index in [9.17, 15) is 24.0 Å². The molecule has 0 bridgehead atoms. The largest absolute Gasteiger partial charge is 0.480 e. The van der Waals surface area contributed by atoms with E-state index in [1.807, 2.05) is 5.32 Å². The lowest BCUT2D eigenvalue weighted by atomic mass is 10.1. The second kappa shape index (κ2) is 8.47. The van der Waals surface area contributed by atoms with Crippen molar-refractivity contribution in [3.05, 3.63) is 0 Å². The first-order valence-corrected chi connectivity index (χ1v) is 5.75. The molecule has 0 saturated carbocycles. The predicted molar refractivity (Wildman–Crippen MR) is 68.2 cm³/mol. The van der Waals surface area contributed by atoms with Gasteiger partial charge >= 0.3 is 5.97 Å². The standard InChI is InChI=1S/C10H17N5O6/c11-4(1-6(12)16)9(20)15-5(2-7(13)17)10(21)14-3-8(18)19/h4-5H,1-3,11H2,(H2,12,16)(H2,13,17)(H,14,21)(H,15,20)(H,18,19)/t4-,5-/m0/s1. The lowest BCUT2D eigenvalue weighted by Gasteiger charge is -2.18. The quantitative estimate of drug-likeness (QED) is 0.247. The number of hydrogen-bond acceptors (Lipinski definition) is 6. The third-order valence-electron chi connectivity index (χ3n) is 2.21. The summed E-state index contributed by atoms with van der Waals surface area (Å²) in [6.07, 6.45) is -1.01. The van der Waals surface area contributed by atoms with Crippen molar-refractivity contribution >= 4 is 29.6 Å². The lowest BCUT2D eigenvalue weighted by Crippen LogP contribution is -2.53. The molecule has 11 heteroatoms. The predicted octanol–water partition coefficient (Wildman–Crippen LogP) is -4.25. The molecule has 0 heterocycles. The van der Waals surface area contributed by atoms with E-state index >= 15 is 0 Å². The Labute approximate surface area is 119 Å². The van der Waals surface area contributed by atoms with E-state index in [2.05, 4.69) is 5.32 Å². The normalized spacial score (nSPS) is 12.8. The SMILES string of the molecule is NC(=O)C[C@H](NC(=O)[C@@H](N)CC(N)=O)C(=O)NCC(=O)O. The van der Waals surface area contributed by atoms with Gasteiger partial charge in [-0.15, -0.1) is 0 Å². The van der Waals surface area contributed by atoms with Crippen LogP contribution >= 0.6 is 0 Å². The van der Waals surface area contributed by atoms with E-state index in [-0.39, 0.29) is 0 Å². The van der Waals surface area contributed by atoms with Crippen molar-refractivity contribution in [1.82, 2.24) is 10.6 Å². The van der Waals surface area contributed by atoms with Gasteiger partial charge in [-0.2, -0.15) is 0 Å². The van der Waals surface area contributed by atoms with Crippen molar-refractivity contribution in [3.8, 4) is 0 Å². The molecule has 0 aliphatic rings. The average molecular weight is 303 g/mol. The van der Waals surface area contributed by atoms with Gasteiger partial charge in [-0.05, 0) is 0 Å². The molecule has 0 rings (SSSR count). The van der Waals surface area contributed by atoms with Crippen LogP contribution in [0.5, 0.6) is 0 Å². The number of primary amides is 2. The van der Waals surface area contributed by atoms with Crippen molar-refractivity contribution in [2.24, 2.45) is 17.2 Å². The van der Waals surface area contributed by atoms with Gasteiger partial charge in [0.2, 0.25) is 23.6 Å². The zero-order valence-electron chi connectivity index (χ0n) is 11.0. The molecule has 4 amide bonds. The molecule has 0 aromatic rings. The first kappa shape index (κ1) is 18.3. The second-order valence-corrected chi connectivity index (χ2v) is 4.12. The van der Waals surface area contributed by atoms with E-state index < -0.39 is 61.1 Å². The van der Waals surface area contributed by atoms with Gasteiger partial charge in [0.1, 0.15) is 12.6 Å². The Balaban J connectivity index is 4.71. The summed E-state index contributed by atoms with van der Waals surface area (Å²) in [5.74, 6) is -4.84. The molecular formula is C10H17N5O6. The van der Waals surface area contributed by atoms with Gasteiger partial charge in [-0.1, -0.05) is 0 Å². The Hall–Kier alpha value is -2.69. The monoisotopic (exact) mass is 303 g/mol. The van der Waals surface area contributed by atoms with Gasteiger partial charge in [0.05, 0.1) is 18.9 Å². The van der Waals surface area contributed by atoms with Crippen LogP contribution in [0.2, 0.25) is 0 Å². The maximum absolute atomic E-state index is 11.6. The Morgan fingerprint density at radius 1 is 0.952 bits per heavy atom. The van der Waals surface area contributed by atoms with Crippen molar-refractivity contribution in [2.75, 3.05) is 6.54 Å². The Morgan fingerprint density at radius 3 is 1.90 bits per heavy atom. The molecule has 0 fully saturated rings. The molecule has 0 saturated heterocycles. The minimum atomic E-state index is -1.40. The highest BCUT2D eigenvalue weighted by atomic mass is 16.4. The summed E-state index contributed by atoms with van der Waals surface area (Å²) in [7, 11) is 0. The molecule has 0 radical (unpaired) electrons. The Bertz CT molecular complexity index is 451. The van der Waals surface area contributed by atoms with Gasteiger partial charge in [-0.3, -0.25) is 24.0 Å². The molecule has 0 aliphatic heterocycles. The average Bonchev–Trinajstić information content (AvgIpc) is 2.33. The zero-order chi connectivity index (χ0) is 16.6. The molecule has 118 valence electrons. The molecule has 0 aromatic carbocycles. The number of nitrogens with one attached hydrogen (secondary N) is 2. The van der Waals surface area contributed by atoms with E-state index in [0.717, 1.165) is 0 Å². The highest BCUT2D eigenvalue weighted by molar-refractivity contribution is 5.95. The number of hydrogen-bond donors (Lipinski definition) is 6. The van der Waals surface area contributed by atoms with Crippen LogP contribution in [0.3, 0.4) is 0 Å². The van der Waals surface area contributed by atoms with E-state index in [0.29, 0.717) is 0 Å². The number of amides is 4. The lowest BCUT2D eigenvalue weighted by molar-refractivity contribution is -0.138. The fourth-order valence-corrected chi connectivity index (χ4v) is 1.28. The van der Waals surface area contributed by atoms with Crippen molar-refractivity contribution in [3.63, 3.8) is 0 Å². The van der Waals surface area contributed by atoms with Crippen molar-refractivity contribution < 1.29 is 29.1 Å². The molecular weight excluding hydrogens is 286 g/mol. The second-order valence-electron chi connectivity index (χ2n) is 4.12. The number of rotatable bonds is 9. The van der Waals surface area contributed by atoms with Gasteiger partial charge in [0.15, 0.2) is 0 Å². The Morgan fingerprint density at radius 2 is 1.48 bits per heavy atom. The first-order chi connectivity index (χ1) is 9.63. The van der Waals surface area contributed by atoms with Crippen molar-refractivity contribution in [1.29, 1.82) is 0 Å². The summed E-state index contributed by atoms with van der Waals surface area (Å²) in [6.45, 7) is -0.697. The number of carbonyl (C=O) groups excluding carboxylic acids is 4. The number of aliphatic carboxylic acids is 1. The van der Waals surface area contributed by atoms with Crippen molar-refractivity contribution in [2.45, 2.75) is 24.9 Å². The minimum absolute atomic E-state index is 0.453. The van der Waals surface area contributed by atoms with Gasteiger partial charge in [-0.25, -0.2) is 0 Å². The molecule has 9 N–H and O–H groups in total. The van der Waals surface area contributed by atoms with E-state index in [4.69, 9.17) is 22.3 Å². The highest BCUT2D eigenvalue weighted by Crippen LogP contribution is 1.95. The summed E-state index contributed by atoms with van der Waals surface area (Å²) in [6, 6.07) is -2.70. The van der Waals surface area contributed by atoms with Crippen LogP contribution in [0.1, 0.15) is 12.8 Å². The smallest absolute Gasteiger partial charge is 0.322 e. The van der Waals surface area contributed by atoms with Gasteiger partial charge in [0.25, 0.3) is 0 Å². The van der Waals surface area contributed by atoms with Gasteiger partial charge < -0.3 is 32.9 Å². The molecule has 0 spiro atoms. The molecule has 2 atom stereocenters. The topological polar surface area (TPSA) is 208 Å². The van der Waals surface area contributed by atoms with E-state index in [1.165, 1.54) is 0 Å². The zero-order valence-corrected chi connectivity index (χ0v) is 11.0. The van der Waals surface area contributed by atoms with Crippen LogP contribution in [0.15, 0.2) is 0 Å². The van der Waals surface area contributed by atoms with Crippen LogP contribution in [-0.2, 0) is 24.0 Å². The summed E-state index contributed by atoms with van der Waals surface area (Å²) in [4.78, 5) is 55.1. The summed E-state index contributed by atoms with van der Waals surface area (Å²) >= 11 is 0.